The molecule has 0 amide bonds. The number of rotatable bonds is 11. The summed E-state index contributed by atoms with van der Waals surface area (Å²) in [5.74, 6) is 0.679. The number of aromatic amines is 1. The number of carboxylic acids is 1. The summed E-state index contributed by atoms with van der Waals surface area (Å²) in [4.78, 5) is 47.5. The molecule has 14 nitrogen and oxygen atoms in total. The largest absolute Gasteiger partial charge is 0.481 e. The van der Waals surface area contributed by atoms with Crippen molar-refractivity contribution < 1.29 is 43.2 Å². The summed E-state index contributed by atoms with van der Waals surface area (Å²) in [5.41, 5.74) is 12.1. The van der Waals surface area contributed by atoms with E-state index in [1.807, 2.05) is 38.3 Å². The zero-order valence-corrected chi connectivity index (χ0v) is 31.3. The fraction of sp³-hybridized carbons (Fsp3) is 0.472. The van der Waals surface area contributed by atoms with Crippen molar-refractivity contribution in [3.05, 3.63) is 69.0 Å². The maximum atomic E-state index is 12.1. The molecule has 0 radical (unpaired) electrons. The van der Waals surface area contributed by atoms with E-state index in [1.54, 1.807) is 7.11 Å². The monoisotopic (exact) mass is 727 g/mol. The Balaban J connectivity index is 0.000000278. The molecule has 2 aliphatic carbocycles. The summed E-state index contributed by atoms with van der Waals surface area (Å²) in [6.07, 6.45) is 6.41. The number of aromatic nitrogens is 3. The fourth-order valence-corrected chi connectivity index (χ4v) is 5.37. The summed E-state index contributed by atoms with van der Waals surface area (Å²) in [6, 6.07) is 7.76. The summed E-state index contributed by atoms with van der Waals surface area (Å²) in [6.45, 7) is 5.67. The molecule has 2 fully saturated rings. The number of ketones is 1. The zero-order chi connectivity index (χ0) is 38.2. The van der Waals surface area contributed by atoms with E-state index in [0.717, 1.165) is 66.0 Å². The summed E-state index contributed by atoms with van der Waals surface area (Å²) < 4.78 is 19.3. The molecule has 1 heterocycles. The van der Waals surface area contributed by atoms with Gasteiger partial charge >= 0.3 is 11.9 Å². The van der Waals surface area contributed by atoms with Crippen LogP contribution in [0.4, 0.5) is 0 Å². The van der Waals surface area contributed by atoms with E-state index in [0.29, 0.717) is 46.3 Å². The van der Waals surface area contributed by atoms with E-state index in [-0.39, 0.29) is 30.9 Å². The zero-order valence-electron chi connectivity index (χ0n) is 30.5. The highest BCUT2D eigenvalue weighted by Crippen LogP contribution is 2.44. The van der Waals surface area contributed by atoms with Crippen molar-refractivity contribution in [3.8, 4) is 11.4 Å². The number of Topliss-reactive ketones (excluding diaryl/α,β-unsaturated/α-hetero) is 1. The van der Waals surface area contributed by atoms with Gasteiger partial charge in [0.1, 0.15) is 13.2 Å². The van der Waals surface area contributed by atoms with Crippen LogP contribution in [0.1, 0.15) is 98.8 Å². The predicted octanol–water partition coefficient (Wildman–Crippen LogP) is 5.19. The van der Waals surface area contributed by atoms with E-state index < -0.39 is 5.97 Å². The minimum Gasteiger partial charge on any atom is -0.481 e. The molecule has 1 aromatic heterocycles. The van der Waals surface area contributed by atoms with Gasteiger partial charge in [-0.2, -0.15) is 5.10 Å². The number of hydrogen-bond donors (Lipinski definition) is 4. The summed E-state index contributed by atoms with van der Waals surface area (Å²) in [7, 11) is 5.88. The number of thioether (sulfide) groups is 1. The molecule has 0 aliphatic heterocycles. The van der Waals surface area contributed by atoms with Crippen LogP contribution in [0.25, 0.3) is 11.4 Å². The Hall–Kier alpha value is -4.44. The molecule has 0 atom stereocenters. The Morgan fingerprint density at radius 1 is 0.882 bits per heavy atom. The summed E-state index contributed by atoms with van der Waals surface area (Å²) >= 11 is 1.38. The van der Waals surface area contributed by atoms with Crippen molar-refractivity contribution in [2.24, 2.45) is 5.73 Å². The van der Waals surface area contributed by atoms with Crippen LogP contribution in [0.3, 0.4) is 0 Å². The summed E-state index contributed by atoms with van der Waals surface area (Å²) in [5, 5.41) is 22.9. The van der Waals surface area contributed by atoms with Crippen molar-refractivity contribution in [1.29, 1.82) is 5.41 Å². The number of aliphatic carboxylic acids is 1. The molecular weight excluding hydrogens is 678 g/mol. The molecule has 278 valence electrons. The number of nitrogens with one attached hydrogen (secondary N) is 2. The number of benzene rings is 2. The number of methoxy groups -OCH3 is 4. The van der Waals surface area contributed by atoms with Crippen LogP contribution in [-0.4, -0.2) is 96.9 Å². The van der Waals surface area contributed by atoms with Gasteiger partial charge in [-0.1, -0.05) is 12.1 Å². The maximum Gasteiger partial charge on any atom is 0.338 e. The topological polar surface area (TPSA) is 217 Å². The Morgan fingerprint density at radius 3 is 1.80 bits per heavy atom. The molecule has 0 saturated heterocycles. The second-order valence-corrected chi connectivity index (χ2v) is 12.6. The van der Waals surface area contributed by atoms with Crippen LogP contribution in [0, 0.1) is 19.3 Å². The predicted molar refractivity (Wildman–Crippen MR) is 195 cm³/mol. The Labute approximate surface area is 302 Å². The van der Waals surface area contributed by atoms with Gasteiger partial charge in [-0.05, 0) is 92.0 Å². The lowest BCUT2D eigenvalue weighted by Gasteiger charge is -2.13. The molecule has 0 bridgehead atoms. The molecule has 0 spiro atoms. The molecule has 2 aromatic carbocycles. The smallest absolute Gasteiger partial charge is 0.338 e. The average molecular weight is 728 g/mol. The molecule has 3 aromatic rings. The number of esters is 2. The number of nitrogens with zero attached hydrogens (tertiary/aromatic N) is 2. The number of H-pyrrole nitrogens is 1. The number of ether oxygens (including phenoxy) is 4. The van der Waals surface area contributed by atoms with E-state index in [9.17, 15) is 14.4 Å². The lowest BCUT2D eigenvalue weighted by molar-refractivity contribution is -0.134. The number of hydrogen-bond acceptors (Lipinski definition) is 13. The van der Waals surface area contributed by atoms with Crippen molar-refractivity contribution in [1.82, 2.24) is 15.2 Å². The van der Waals surface area contributed by atoms with Crippen LogP contribution in [-0.2, 0) is 35.1 Å². The van der Waals surface area contributed by atoms with Gasteiger partial charge in [0.2, 0.25) is 0 Å². The third-order valence-electron chi connectivity index (χ3n) is 7.67. The van der Waals surface area contributed by atoms with Crippen molar-refractivity contribution in [2.75, 3.05) is 47.8 Å². The van der Waals surface area contributed by atoms with Crippen LogP contribution in [0.5, 0.6) is 0 Å². The van der Waals surface area contributed by atoms with Crippen LogP contribution < -0.4 is 5.73 Å². The molecule has 51 heavy (non-hydrogen) atoms. The van der Waals surface area contributed by atoms with Crippen LogP contribution in [0.15, 0.2) is 24.3 Å². The lowest BCUT2D eigenvalue weighted by Crippen LogP contribution is -2.17. The second kappa shape index (κ2) is 21.0. The molecule has 15 heteroatoms. The first-order valence-electron chi connectivity index (χ1n) is 16.2. The fourth-order valence-electron chi connectivity index (χ4n) is 4.93. The SMILES string of the molecule is CC(=O)O.COC(=O)c1cc(C(=N)SC)c(C)cc1C1CC1.COCC(=O)CN.COCc1nc(-c2cc(C(=O)OC)c(C3CC3)cc2C)n[nH]1. The molecular formula is C36H49N5O9S. The van der Waals surface area contributed by atoms with Gasteiger partial charge in [-0.3, -0.25) is 20.1 Å². The van der Waals surface area contributed by atoms with Crippen molar-refractivity contribution >= 4 is 40.5 Å². The first-order chi connectivity index (χ1) is 24.3. The van der Waals surface area contributed by atoms with Crippen LogP contribution in [0.2, 0.25) is 0 Å². The number of carbonyl (C=O) groups is 4. The average Bonchev–Trinajstić information content (AvgIpc) is 4.06. The molecule has 2 saturated carbocycles. The van der Waals surface area contributed by atoms with Gasteiger partial charge in [0, 0.05) is 32.3 Å². The molecule has 5 rings (SSSR count). The van der Waals surface area contributed by atoms with E-state index in [2.05, 4.69) is 26.0 Å². The van der Waals surface area contributed by atoms with Gasteiger partial charge in [-0.25, -0.2) is 14.6 Å². The Bertz CT molecular complexity index is 1680. The maximum absolute atomic E-state index is 12.1. The number of aryl methyl sites for hydroxylation is 2. The van der Waals surface area contributed by atoms with Crippen molar-refractivity contribution in [3.63, 3.8) is 0 Å². The van der Waals surface area contributed by atoms with Crippen molar-refractivity contribution in [2.45, 2.75) is 64.9 Å². The first kappa shape index (κ1) is 42.7. The van der Waals surface area contributed by atoms with Gasteiger partial charge in [0.05, 0.1) is 36.9 Å². The Morgan fingerprint density at radius 2 is 1.39 bits per heavy atom. The highest BCUT2D eigenvalue weighted by Gasteiger charge is 2.31. The van der Waals surface area contributed by atoms with Gasteiger partial charge in [0.15, 0.2) is 17.4 Å². The first-order valence-corrected chi connectivity index (χ1v) is 17.4. The van der Waals surface area contributed by atoms with E-state index in [4.69, 9.17) is 35.3 Å². The molecule has 5 N–H and O–H groups in total. The van der Waals surface area contributed by atoms with Gasteiger partial charge < -0.3 is 29.8 Å². The quantitative estimate of drug-likeness (QED) is 0.114. The van der Waals surface area contributed by atoms with Crippen LogP contribution >= 0.6 is 11.8 Å². The number of nitrogens with two attached hydrogens (primary N) is 1. The second-order valence-electron chi connectivity index (χ2n) is 11.8. The van der Waals surface area contributed by atoms with E-state index in [1.165, 1.54) is 33.1 Å². The number of carboxylic acid groups (broad SMARTS) is 1. The molecule has 0 unspecified atom stereocenters. The highest BCUT2D eigenvalue weighted by molar-refractivity contribution is 8.13. The van der Waals surface area contributed by atoms with Gasteiger partial charge in [0.25, 0.3) is 5.97 Å². The molecule has 2 aliphatic rings. The minimum atomic E-state index is -0.833. The lowest BCUT2D eigenvalue weighted by atomic mass is 9.96. The van der Waals surface area contributed by atoms with E-state index >= 15 is 0 Å². The highest BCUT2D eigenvalue weighted by atomic mass is 32.2. The standard InChI is InChI=1S/C16H19N3O3.C14H17NO2S.C4H9NO2.C2H4O2/c1-9-6-12(10-4-5-10)13(16(20)22-3)7-11(9)15-17-14(8-21-2)18-19-15;1-8-6-11(9-4-5-9)12(14(16)17-2)7-10(8)13(15)18-3;1-7-3-4(6)2-5;1-2(3)4/h6-7,10H,4-5,8H2,1-3H3,(H,17,18,19);6-7,9,15H,4-5H2,1-3H3;2-3,5H2,1H3;1H3,(H,3,4). The normalized spacial score (nSPS) is 12.9. The van der Waals surface area contributed by atoms with Gasteiger partial charge in [-0.15, -0.1) is 11.8 Å². The third-order valence-corrected chi connectivity index (χ3v) is 8.30. The number of carbonyl (C=O) groups excluding carboxylic acids is 3. The Kier molecular flexibility index (Phi) is 17.6. The third kappa shape index (κ3) is 13.3. The minimum absolute atomic E-state index is 0.0671.